The number of carbonyl (C=O) groups is 1. The Labute approximate surface area is 200 Å². The molecule has 8 heteroatoms. The third-order valence-electron chi connectivity index (χ3n) is 6.82. The summed E-state index contributed by atoms with van der Waals surface area (Å²) in [6.07, 6.45) is 6.51. The van der Waals surface area contributed by atoms with E-state index in [0.717, 1.165) is 48.0 Å². The van der Waals surface area contributed by atoms with Gasteiger partial charge in [-0.3, -0.25) is 4.79 Å². The number of carbonyl (C=O) groups excluding carboxylic acids is 1. The largest absolute Gasteiger partial charge is 0.349 e. The number of anilines is 1. The van der Waals surface area contributed by atoms with Gasteiger partial charge < -0.3 is 20.1 Å². The molecule has 5 rings (SSSR count). The van der Waals surface area contributed by atoms with E-state index in [1.54, 1.807) is 6.20 Å². The number of likely N-dealkylation sites (N-methyl/N-ethyl adjacent to an activating group) is 1. The van der Waals surface area contributed by atoms with E-state index in [-0.39, 0.29) is 17.7 Å². The Hall–Kier alpha value is -3.52. The first-order chi connectivity index (χ1) is 16.5. The molecule has 1 amide bonds. The summed E-state index contributed by atoms with van der Waals surface area (Å²) >= 11 is 0. The summed E-state index contributed by atoms with van der Waals surface area (Å²) in [5.74, 6) is 1.74. The predicted molar refractivity (Wildman–Crippen MR) is 132 cm³/mol. The molecule has 1 fully saturated rings. The molecule has 0 spiro atoms. The van der Waals surface area contributed by atoms with Crippen molar-refractivity contribution in [3.63, 3.8) is 0 Å². The van der Waals surface area contributed by atoms with Crippen molar-refractivity contribution < 1.29 is 4.79 Å². The van der Waals surface area contributed by atoms with Crippen molar-refractivity contribution in [3.05, 3.63) is 76.8 Å². The zero-order valence-corrected chi connectivity index (χ0v) is 20.0. The van der Waals surface area contributed by atoms with Crippen LogP contribution in [-0.4, -0.2) is 55.8 Å². The topological polar surface area (TPSA) is 90.0 Å². The number of fused-ring (bicyclic) bond motifs is 1. The number of hydrogen-bond donors (Lipinski definition) is 2. The van der Waals surface area contributed by atoms with Crippen molar-refractivity contribution in [2.24, 2.45) is 5.92 Å². The van der Waals surface area contributed by atoms with Gasteiger partial charge >= 0.3 is 0 Å². The van der Waals surface area contributed by atoms with Gasteiger partial charge in [0.25, 0.3) is 0 Å². The number of aromatic nitrogens is 4. The van der Waals surface area contributed by atoms with E-state index >= 15 is 0 Å². The standard InChI is InChI=1S/C26H31N7O/c1-17-11-20-12-28-26(29-14-21-13-27-18(2)30-21)31-24(20)16-33(17)25(34)22-9-10-32(3)15-23(22)19-7-5-4-6-8-19/h4-8,11-13,22-23H,9-10,14-16H2,1-3H3,(H,27,30)(H,28,29,31)/t22-,23+/m0/s1. The van der Waals surface area contributed by atoms with Crippen LogP contribution >= 0.6 is 0 Å². The Morgan fingerprint density at radius 3 is 2.76 bits per heavy atom. The van der Waals surface area contributed by atoms with E-state index in [9.17, 15) is 4.79 Å². The molecule has 2 aromatic heterocycles. The zero-order valence-electron chi connectivity index (χ0n) is 20.0. The Kier molecular flexibility index (Phi) is 6.15. The van der Waals surface area contributed by atoms with E-state index in [4.69, 9.17) is 4.98 Å². The first-order valence-corrected chi connectivity index (χ1v) is 11.8. The molecule has 0 saturated carbocycles. The highest BCUT2D eigenvalue weighted by molar-refractivity contribution is 5.83. The highest BCUT2D eigenvalue weighted by Gasteiger charge is 2.37. The van der Waals surface area contributed by atoms with E-state index in [1.165, 1.54) is 5.56 Å². The van der Waals surface area contributed by atoms with Crippen molar-refractivity contribution in [1.82, 2.24) is 29.7 Å². The Morgan fingerprint density at radius 2 is 2.00 bits per heavy atom. The van der Waals surface area contributed by atoms with Crippen LogP contribution in [0.5, 0.6) is 0 Å². The molecule has 4 heterocycles. The van der Waals surface area contributed by atoms with Crippen molar-refractivity contribution in [2.75, 3.05) is 25.5 Å². The number of nitrogens with one attached hydrogen (secondary N) is 2. The van der Waals surface area contributed by atoms with Crippen LogP contribution in [0.2, 0.25) is 0 Å². The van der Waals surface area contributed by atoms with Gasteiger partial charge in [0.1, 0.15) is 5.82 Å². The molecule has 0 aliphatic carbocycles. The van der Waals surface area contributed by atoms with Crippen LogP contribution in [-0.2, 0) is 17.9 Å². The quantitative estimate of drug-likeness (QED) is 0.609. The molecule has 1 saturated heterocycles. The van der Waals surface area contributed by atoms with Crippen LogP contribution in [0, 0.1) is 12.8 Å². The van der Waals surface area contributed by atoms with E-state index in [1.807, 2.05) is 37.1 Å². The number of benzene rings is 1. The molecule has 2 atom stereocenters. The Morgan fingerprint density at radius 1 is 1.18 bits per heavy atom. The summed E-state index contributed by atoms with van der Waals surface area (Å²) in [5.41, 5.74) is 4.98. The lowest BCUT2D eigenvalue weighted by atomic mass is 9.79. The van der Waals surface area contributed by atoms with Crippen molar-refractivity contribution in [2.45, 2.75) is 39.3 Å². The number of likely N-dealkylation sites (tertiary alicyclic amines) is 1. The Balaban J connectivity index is 1.34. The fourth-order valence-corrected chi connectivity index (χ4v) is 4.97. The van der Waals surface area contributed by atoms with Crippen LogP contribution in [0.3, 0.4) is 0 Å². The van der Waals surface area contributed by atoms with Gasteiger partial charge in [0.15, 0.2) is 0 Å². The summed E-state index contributed by atoms with van der Waals surface area (Å²) in [4.78, 5) is 34.7. The number of amides is 1. The maximum Gasteiger partial charge on any atom is 0.230 e. The molecule has 2 N–H and O–H groups in total. The molecule has 0 bridgehead atoms. The van der Waals surface area contributed by atoms with E-state index in [2.05, 4.69) is 56.5 Å². The highest BCUT2D eigenvalue weighted by atomic mass is 16.2. The number of rotatable bonds is 5. The second-order valence-electron chi connectivity index (χ2n) is 9.33. The summed E-state index contributed by atoms with van der Waals surface area (Å²) in [6, 6.07) is 10.4. The lowest BCUT2D eigenvalue weighted by Crippen LogP contribution is -2.45. The van der Waals surface area contributed by atoms with Crippen molar-refractivity contribution in [3.8, 4) is 0 Å². The van der Waals surface area contributed by atoms with Gasteiger partial charge in [-0.15, -0.1) is 0 Å². The average Bonchev–Trinajstić information content (AvgIpc) is 3.27. The zero-order chi connectivity index (χ0) is 23.7. The molecule has 8 nitrogen and oxygen atoms in total. The smallest absolute Gasteiger partial charge is 0.230 e. The fourth-order valence-electron chi connectivity index (χ4n) is 4.97. The first kappa shape index (κ1) is 22.3. The second-order valence-corrected chi connectivity index (χ2v) is 9.33. The van der Waals surface area contributed by atoms with Crippen LogP contribution < -0.4 is 5.32 Å². The monoisotopic (exact) mass is 457 g/mol. The summed E-state index contributed by atoms with van der Waals surface area (Å²) in [7, 11) is 2.13. The number of hydrogen-bond acceptors (Lipinski definition) is 6. The number of allylic oxidation sites excluding steroid dienone is 1. The number of aryl methyl sites for hydroxylation is 1. The van der Waals surface area contributed by atoms with Gasteiger partial charge in [0, 0.05) is 35.8 Å². The maximum atomic E-state index is 13.9. The van der Waals surface area contributed by atoms with E-state index in [0.29, 0.717) is 19.0 Å². The first-order valence-electron chi connectivity index (χ1n) is 11.8. The molecule has 0 radical (unpaired) electrons. The van der Waals surface area contributed by atoms with Gasteiger partial charge in [-0.2, -0.15) is 0 Å². The minimum absolute atomic E-state index is 0.0495. The highest BCUT2D eigenvalue weighted by Crippen LogP contribution is 2.35. The van der Waals surface area contributed by atoms with Crippen LogP contribution in [0.25, 0.3) is 6.08 Å². The number of imidazole rings is 1. The van der Waals surface area contributed by atoms with Crippen LogP contribution in [0.1, 0.15) is 47.6 Å². The third kappa shape index (κ3) is 4.59. The van der Waals surface area contributed by atoms with Crippen LogP contribution in [0.15, 0.2) is 48.4 Å². The normalized spacial score (nSPS) is 20.6. The van der Waals surface area contributed by atoms with Gasteiger partial charge in [-0.05, 0) is 45.5 Å². The maximum absolute atomic E-state index is 13.9. The predicted octanol–water partition coefficient (Wildman–Crippen LogP) is 3.56. The van der Waals surface area contributed by atoms with Crippen molar-refractivity contribution >= 4 is 17.9 Å². The fraction of sp³-hybridized carbons (Fsp3) is 0.385. The van der Waals surface area contributed by atoms with Gasteiger partial charge in [-0.1, -0.05) is 30.3 Å². The number of aromatic amines is 1. The lowest BCUT2D eigenvalue weighted by molar-refractivity contribution is -0.136. The molecular weight excluding hydrogens is 426 g/mol. The summed E-state index contributed by atoms with van der Waals surface area (Å²) in [6.45, 7) is 6.76. The SMILES string of the molecule is CC1=Cc2cnc(NCc3cnc(C)[nH]3)nc2CN1C(=O)[C@H]1CCN(C)C[C@@H]1c1ccccc1. The van der Waals surface area contributed by atoms with Crippen molar-refractivity contribution in [1.29, 1.82) is 0 Å². The number of H-pyrrole nitrogens is 1. The number of nitrogens with zero attached hydrogens (tertiary/aromatic N) is 5. The Bertz CT molecular complexity index is 1200. The minimum Gasteiger partial charge on any atom is -0.349 e. The molecule has 34 heavy (non-hydrogen) atoms. The molecule has 1 aromatic carbocycles. The molecule has 3 aromatic rings. The van der Waals surface area contributed by atoms with Gasteiger partial charge in [-0.25, -0.2) is 15.0 Å². The van der Waals surface area contributed by atoms with E-state index < -0.39 is 0 Å². The van der Waals surface area contributed by atoms with Gasteiger partial charge in [0.05, 0.1) is 30.7 Å². The molecule has 2 aliphatic heterocycles. The molecule has 176 valence electrons. The third-order valence-corrected chi connectivity index (χ3v) is 6.82. The minimum atomic E-state index is -0.0495. The second kappa shape index (κ2) is 9.38. The van der Waals surface area contributed by atoms with Gasteiger partial charge in [0.2, 0.25) is 11.9 Å². The number of piperidine rings is 1. The lowest BCUT2D eigenvalue weighted by Gasteiger charge is -2.39. The molecule has 2 aliphatic rings. The average molecular weight is 458 g/mol. The molecular formula is C26H31N7O. The molecule has 0 unspecified atom stereocenters. The van der Waals surface area contributed by atoms with Crippen LogP contribution in [0.4, 0.5) is 5.95 Å². The summed E-state index contributed by atoms with van der Waals surface area (Å²) in [5, 5.41) is 3.25. The summed E-state index contributed by atoms with van der Waals surface area (Å²) < 4.78 is 0.